The van der Waals surface area contributed by atoms with Gasteiger partial charge in [-0.2, -0.15) is 0 Å². The minimum atomic E-state index is 0.394. The zero-order valence-corrected chi connectivity index (χ0v) is 11.6. The summed E-state index contributed by atoms with van der Waals surface area (Å²) in [6, 6.07) is 0.394. The first-order valence-corrected chi connectivity index (χ1v) is 6.52. The first kappa shape index (κ1) is 14.0. The first-order chi connectivity index (χ1) is 8.11. The van der Waals surface area contributed by atoms with Crippen LogP contribution >= 0.6 is 0 Å². The first-order valence-electron chi connectivity index (χ1n) is 6.52. The third kappa shape index (κ3) is 3.47. The molecule has 0 saturated carbocycles. The van der Waals surface area contributed by atoms with Crippen molar-refractivity contribution in [2.45, 2.75) is 53.0 Å². The lowest BCUT2D eigenvalue weighted by atomic mass is 9.98. The van der Waals surface area contributed by atoms with Gasteiger partial charge < -0.3 is 9.73 Å². The molecule has 0 aromatic carbocycles. The molecule has 1 rings (SSSR count). The van der Waals surface area contributed by atoms with Crippen molar-refractivity contribution < 1.29 is 4.42 Å². The summed E-state index contributed by atoms with van der Waals surface area (Å²) in [4.78, 5) is 0. The lowest BCUT2D eigenvalue weighted by molar-refractivity contribution is 0.470. The Balaban J connectivity index is 2.90. The fourth-order valence-electron chi connectivity index (χ4n) is 2.27. The van der Waals surface area contributed by atoms with E-state index in [0.717, 1.165) is 37.3 Å². The highest BCUT2D eigenvalue weighted by atomic mass is 16.3. The van der Waals surface area contributed by atoms with Gasteiger partial charge in [0.2, 0.25) is 0 Å². The van der Waals surface area contributed by atoms with Gasteiger partial charge in [-0.15, -0.1) is 6.58 Å². The molecule has 0 aliphatic heterocycles. The van der Waals surface area contributed by atoms with Gasteiger partial charge in [-0.1, -0.05) is 13.0 Å². The van der Waals surface area contributed by atoms with Crippen LogP contribution in [0.3, 0.4) is 0 Å². The fraction of sp³-hybridized carbons (Fsp3) is 0.600. The van der Waals surface area contributed by atoms with E-state index in [1.165, 1.54) is 11.1 Å². The summed E-state index contributed by atoms with van der Waals surface area (Å²) in [5.41, 5.74) is 2.64. The van der Waals surface area contributed by atoms with Crippen molar-refractivity contribution in [3.05, 3.63) is 35.3 Å². The molecule has 0 aliphatic carbocycles. The molecule has 0 radical (unpaired) electrons. The molecule has 1 heterocycles. The van der Waals surface area contributed by atoms with Crippen molar-refractivity contribution >= 4 is 0 Å². The maximum atomic E-state index is 5.72. The summed E-state index contributed by atoms with van der Waals surface area (Å²) >= 11 is 0. The van der Waals surface area contributed by atoms with Gasteiger partial charge in [0.15, 0.2) is 0 Å². The smallest absolute Gasteiger partial charge is 0.106 e. The van der Waals surface area contributed by atoms with Crippen molar-refractivity contribution in [3.8, 4) is 0 Å². The molecule has 0 amide bonds. The molecule has 0 aliphatic rings. The highest BCUT2D eigenvalue weighted by Crippen LogP contribution is 2.29. The molecular weight excluding hydrogens is 210 g/mol. The van der Waals surface area contributed by atoms with Crippen molar-refractivity contribution in [1.82, 2.24) is 5.32 Å². The zero-order valence-electron chi connectivity index (χ0n) is 11.6. The normalized spacial score (nSPS) is 12.7. The summed E-state index contributed by atoms with van der Waals surface area (Å²) in [5.74, 6) is 2.09. The Morgan fingerprint density at radius 1 is 1.29 bits per heavy atom. The quantitative estimate of drug-likeness (QED) is 0.716. The van der Waals surface area contributed by atoms with Gasteiger partial charge in [-0.3, -0.25) is 0 Å². The Hall–Kier alpha value is -1.02. The average molecular weight is 235 g/mol. The maximum absolute atomic E-state index is 5.72. The van der Waals surface area contributed by atoms with Gasteiger partial charge in [0.05, 0.1) is 0 Å². The maximum Gasteiger partial charge on any atom is 0.106 e. The molecule has 0 fully saturated rings. The van der Waals surface area contributed by atoms with Gasteiger partial charge in [0.1, 0.15) is 11.5 Å². The largest absolute Gasteiger partial charge is 0.466 e. The van der Waals surface area contributed by atoms with E-state index in [2.05, 4.69) is 32.7 Å². The van der Waals surface area contributed by atoms with Gasteiger partial charge in [0, 0.05) is 11.6 Å². The molecule has 1 atom stereocenters. The van der Waals surface area contributed by atoms with E-state index < -0.39 is 0 Å². The number of aryl methyl sites for hydroxylation is 2. The van der Waals surface area contributed by atoms with E-state index in [4.69, 9.17) is 4.42 Å². The van der Waals surface area contributed by atoms with E-state index >= 15 is 0 Å². The second kappa shape index (κ2) is 6.65. The molecule has 0 bridgehead atoms. The van der Waals surface area contributed by atoms with Crippen LogP contribution < -0.4 is 5.32 Å². The lowest BCUT2D eigenvalue weighted by Crippen LogP contribution is -2.23. The van der Waals surface area contributed by atoms with Gasteiger partial charge in [-0.05, 0) is 52.1 Å². The average Bonchev–Trinajstić information content (AvgIpc) is 2.55. The predicted octanol–water partition coefficient (Wildman–Crippen LogP) is 4.21. The summed E-state index contributed by atoms with van der Waals surface area (Å²) in [7, 11) is 0. The molecular formula is C15H25NO. The van der Waals surface area contributed by atoms with Crippen LogP contribution in [0.25, 0.3) is 0 Å². The Bertz CT molecular complexity index is 365. The summed E-state index contributed by atoms with van der Waals surface area (Å²) < 4.78 is 5.72. The molecule has 2 heteroatoms. The van der Waals surface area contributed by atoms with E-state index in [0.29, 0.717) is 6.04 Å². The predicted molar refractivity (Wildman–Crippen MR) is 73.4 cm³/mol. The van der Waals surface area contributed by atoms with Crippen molar-refractivity contribution in [1.29, 1.82) is 0 Å². The SMILES string of the molecule is C=CCCC(NCCC)c1c(C)oc(C)c1C. The topological polar surface area (TPSA) is 25.2 Å². The molecule has 1 aromatic heterocycles. The lowest BCUT2D eigenvalue weighted by Gasteiger charge is -2.18. The molecule has 1 aromatic rings. The number of furan rings is 1. The van der Waals surface area contributed by atoms with Crippen LogP contribution in [0, 0.1) is 20.8 Å². The van der Waals surface area contributed by atoms with Crippen molar-refractivity contribution in [2.24, 2.45) is 0 Å². The van der Waals surface area contributed by atoms with Crippen molar-refractivity contribution in [3.63, 3.8) is 0 Å². The molecule has 1 N–H and O–H groups in total. The summed E-state index contributed by atoms with van der Waals surface area (Å²) in [5, 5.41) is 3.61. The molecule has 0 saturated heterocycles. The summed E-state index contributed by atoms with van der Waals surface area (Å²) in [6.45, 7) is 13.3. The number of allylic oxidation sites excluding steroid dienone is 1. The van der Waals surface area contributed by atoms with E-state index in [1.807, 2.05) is 13.0 Å². The Kier molecular flexibility index (Phi) is 5.49. The van der Waals surface area contributed by atoms with Crippen LogP contribution in [0.5, 0.6) is 0 Å². The minimum absolute atomic E-state index is 0.394. The van der Waals surface area contributed by atoms with E-state index in [9.17, 15) is 0 Å². The number of hydrogen-bond acceptors (Lipinski definition) is 2. The number of hydrogen-bond donors (Lipinski definition) is 1. The monoisotopic (exact) mass is 235 g/mol. The molecule has 17 heavy (non-hydrogen) atoms. The highest BCUT2D eigenvalue weighted by Gasteiger charge is 2.19. The Morgan fingerprint density at radius 3 is 2.47 bits per heavy atom. The Labute approximate surface area is 105 Å². The number of rotatable bonds is 7. The minimum Gasteiger partial charge on any atom is -0.466 e. The highest BCUT2D eigenvalue weighted by molar-refractivity contribution is 5.34. The zero-order chi connectivity index (χ0) is 12.8. The second-order valence-corrected chi connectivity index (χ2v) is 4.63. The third-order valence-corrected chi connectivity index (χ3v) is 3.27. The van der Waals surface area contributed by atoms with Crippen LogP contribution in [-0.4, -0.2) is 6.54 Å². The molecule has 2 nitrogen and oxygen atoms in total. The van der Waals surface area contributed by atoms with Crippen LogP contribution in [0.15, 0.2) is 17.1 Å². The third-order valence-electron chi connectivity index (χ3n) is 3.27. The van der Waals surface area contributed by atoms with Gasteiger partial charge in [0.25, 0.3) is 0 Å². The molecule has 96 valence electrons. The van der Waals surface area contributed by atoms with Crippen molar-refractivity contribution in [2.75, 3.05) is 6.54 Å². The van der Waals surface area contributed by atoms with Gasteiger partial charge in [-0.25, -0.2) is 0 Å². The second-order valence-electron chi connectivity index (χ2n) is 4.63. The van der Waals surface area contributed by atoms with Crippen LogP contribution in [-0.2, 0) is 0 Å². The fourth-order valence-corrected chi connectivity index (χ4v) is 2.27. The van der Waals surface area contributed by atoms with Crippen LogP contribution in [0.1, 0.15) is 54.9 Å². The van der Waals surface area contributed by atoms with E-state index in [1.54, 1.807) is 0 Å². The van der Waals surface area contributed by atoms with Crippen LogP contribution in [0.4, 0.5) is 0 Å². The molecule has 1 unspecified atom stereocenters. The van der Waals surface area contributed by atoms with Crippen LogP contribution in [0.2, 0.25) is 0 Å². The van der Waals surface area contributed by atoms with E-state index in [-0.39, 0.29) is 0 Å². The summed E-state index contributed by atoms with van der Waals surface area (Å²) in [6.07, 6.45) is 5.26. The standard InChI is InChI=1S/C15H25NO/c1-6-8-9-14(16-10-7-2)15-11(3)12(4)17-13(15)5/h6,14,16H,1,7-10H2,2-5H3. The number of nitrogens with one attached hydrogen (secondary N) is 1. The van der Waals surface area contributed by atoms with Gasteiger partial charge >= 0.3 is 0 Å². The Morgan fingerprint density at radius 2 is 2.00 bits per heavy atom. The molecule has 0 spiro atoms.